The van der Waals surface area contributed by atoms with Gasteiger partial charge in [0.15, 0.2) is 0 Å². The zero-order valence-electron chi connectivity index (χ0n) is 13.2. The van der Waals surface area contributed by atoms with Crippen LogP contribution in [-0.2, 0) is 9.31 Å². The molecule has 1 fully saturated rings. The van der Waals surface area contributed by atoms with Crippen molar-refractivity contribution >= 4 is 24.5 Å². The highest BCUT2D eigenvalue weighted by Gasteiger charge is 2.52. The molecule has 0 aromatic carbocycles. The highest BCUT2D eigenvalue weighted by molar-refractivity contribution is 7.08. The lowest BCUT2D eigenvalue weighted by atomic mass is 9.77. The molecule has 1 aliphatic rings. The van der Waals surface area contributed by atoms with Crippen LogP contribution in [-0.4, -0.2) is 31.9 Å². The molecule has 0 atom stereocenters. The van der Waals surface area contributed by atoms with Crippen molar-refractivity contribution in [3.63, 3.8) is 0 Å². The maximum absolute atomic E-state index is 6.14. The fourth-order valence-electron chi connectivity index (χ4n) is 2.12. The van der Waals surface area contributed by atoms with Gasteiger partial charge in [-0.15, -0.1) is 0 Å². The number of hydrogen-bond acceptors (Lipinski definition) is 4. The molecule has 2 rings (SSSR count). The van der Waals surface area contributed by atoms with Crippen LogP contribution >= 0.6 is 11.3 Å². The predicted octanol–water partition coefficient (Wildman–Crippen LogP) is 3.29. The second-order valence-electron chi connectivity index (χ2n) is 6.35. The zero-order valence-corrected chi connectivity index (χ0v) is 14.1. The van der Waals surface area contributed by atoms with Crippen LogP contribution in [0.5, 0.6) is 0 Å². The van der Waals surface area contributed by atoms with Crippen LogP contribution in [0.25, 0.3) is 6.08 Å². The lowest BCUT2D eigenvalue weighted by Gasteiger charge is -2.32. The van der Waals surface area contributed by atoms with Gasteiger partial charge in [0.2, 0.25) is 0 Å². The average molecular weight is 293 g/mol. The second kappa shape index (κ2) is 5.64. The van der Waals surface area contributed by atoms with E-state index >= 15 is 0 Å². The SMILES string of the molecule is CNCC(=Cc1cscc1C)B1OC(C)(C)C(C)(C)O1. The van der Waals surface area contributed by atoms with Gasteiger partial charge in [-0.3, -0.25) is 0 Å². The Balaban J connectivity index is 2.27. The van der Waals surface area contributed by atoms with Crippen LogP contribution in [0.4, 0.5) is 0 Å². The minimum absolute atomic E-state index is 0.285. The molecule has 3 nitrogen and oxygen atoms in total. The Hall–Kier alpha value is -0.615. The maximum atomic E-state index is 6.14. The van der Waals surface area contributed by atoms with Crippen molar-refractivity contribution in [3.8, 4) is 0 Å². The summed E-state index contributed by atoms with van der Waals surface area (Å²) < 4.78 is 12.3. The van der Waals surface area contributed by atoms with Crippen LogP contribution in [0.3, 0.4) is 0 Å². The molecule has 5 heteroatoms. The lowest BCUT2D eigenvalue weighted by molar-refractivity contribution is 0.00578. The second-order valence-corrected chi connectivity index (χ2v) is 7.09. The molecule has 0 unspecified atom stereocenters. The number of aryl methyl sites for hydroxylation is 1. The fraction of sp³-hybridized carbons (Fsp3) is 0.600. The molecule has 2 heterocycles. The third-order valence-corrected chi connectivity index (χ3v) is 5.05. The highest BCUT2D eigenvalue weighted by atomic mass is 32.1. The summed E-state index contributed by atoms with van der Waals surface area (Å²) in [6.45, 7) is 11.2. The molecule has 0 bridgehead atoms. The van der Waals surface area contributed by atoms with Crippen molar-refractivity contribution < 1.29 is 9.31 Å². The number of rotatable bonds is 4. The monoisotopic (exact) mass is 293 g/mol. The quantitative estimate of drug-likeness (QED) is 0.864. The molecule has 0 aliphatic carbocycles. The third-order valence-electron chi connectivity index (χ3n) is 4.17. The summed E-state index contributed by atoms with van der Waals surface area (Å²) >= 11 is 1.72. The molecule has 0 amide bonds. The van der Waals surface area contributed by atoms with Gasteiger partial charge < -0.3 is 14.6 Å². The van der Waals surface area contributed by atoms with E-state index < -0.39 is 0 Å². The van der Waals surface area contributed by atoms with Gasteiger partial charge in [0.1, 0.15) is 0 Å². The molecule has 110 valence electrons. The fourth-order valence-corrected chi connectivity index (χ4v) is 2.93. The Bertz CT molecular complexity index is 492. The first-order chi connectivity index (χ1) is 9.27. The summed E-state index contributed by atoms with van der Waals surface area (Å²) in [5.74, 6) is 0. The van der Waals surface area contributed by atoms with Gasteiger partial charge in [-0.1, -0.05) is 6.08 Å². The molecule has 0 saturated carbocycles. The number of nitrogens with one attached hydrogen (secondary N) is 1. The zero-order chi connectivity index (χ0) is 15.0. The standard InChI is InChI=1S/C15H24BNO2S/c1-11-9-20-10-12(11)7-13(8-17-6)16-18-14(2,3)15(4,5)19-16/h7,9-10,17H,8H2,1-6H3. The summed E-state index contributed by atoms with van der Waals surface area (Å²) in [7, 11) is 1.66. The summed E-state index contributed by atoms with van der Waals surface area (Å²) in [6.07, 6.45) is 2.18. The van der Waals surface area contributed by atoms with Gasteiger partial charge in [0.25, 0.3) is 0 Å². The van der Waals surface area contributed by atoms with Crippen LogP contribution in [0.15, 0.2) is 16.2 Å². The topological polar surface area (TPSA) is 30.5 Å². The summed E-state index contributed by atoms with van der Waals surface area (Å²) in [5.41, 5.74) is 3.07. The first-order valence-corrected chi connectivity index (χ1v) is 7.94. The number of hydrogen-bond donors (Lipinski definition) is 1. The van der Waals surface area contributed by atoms with Crippen LogP contribution in [0.2, 0.25) is 0 Å². The molecular formula is C15H24BNO2S. The first kappa shape index (κ1) is 15.8. The van der Waals surface area contributed by atoms with E-state index in [1.165, 1.54) is 11.1 Å². The molecule has 1 N–H and O–H groups in total. The van der Waals surface area contributed by atoms with Gasteiger partial charge >= 0.3 is 7.12 Å². The summed E-state index contributed by atoms with van der Waals surface area (Å²) in [5, 5.41) is 7.53. The Morgan fingerprint density at radius 3 is 2.30 bits per heavy atom. The van der Waals surface area contributed by atoms with E-state index in [0.717, 1.165) is 12.0 Å². The van der Waals surface area contributed by atoms with Crippen LogP contribution in [0, 0.1) is 6.92 Å². The Labute approximate surface area is 126 Å². The lowest BCUT2D eigenvalue weighted by Crippen LogP contribution is -2.41. The van der Waals surface area contributed by atoms with Crippen molar-refractivity contribution in [2.45, 2.75) is 45.8 Å². The highest BCUT2D eigenvalue weighted by Crippen LogP contribution is 2.38. The average Bonchev–Trinajstić information content (AvgIpc) is 2.81. The largest absolute Gasteiger partial charge is 0.491 e. The van der Waals surface area contributed by atoms with E-state index in [4.69, 9.17) is 9.31 Å². The number of likely N-dealkylation sites (N-methyl/N-ethyl adjacent to an activating group) is 1. The summed E-state index contributed by atoms with van der Waals surface area (Å²) in [6, 6.07) is 0. The van der Waals surface area contributed by atoms with Crippen molar-refractivity contribution in [1.82, 2.24) is 5.32 Å². The van der Waals surface area contributed by atoms with E-state index in [2.05, 4.69) is 56.8 Å². The van der Waals surface area contributed by atoms with Gasteiger partial charge in [0, 0.05) is 6.54 Å². The van der Waals surface area contributed by atoms with Gasteiger partial charge in [-0.05, 0) is 69.0 Å². The maximum Gasteiger partial charge on any atom is 0.491 e. The molecular weight excluding hydrogens is 269 g/mol. The Morgan fingerprint density at radius 1 is 1.25 bits per heavy atom. The van der Waals surface area contributed by atoms with E-state index in [-0.39, 0.29) is 18.3 Å². The molecule has 1 saturated heterocycles. The van der Waals surface area contributed by atoms with Crippen molar-refractivity contribution in [2.75, 3.05) is 13.6 Å². The van der Waals surface area contributed by atoms with Gasteiger partial charge in [-0.2, -0.15) is 11.3 Å². The first-order valence-electron chi connectivity index (χ1n) is 7.00. The smallest absolute Gasteiger partial charge is 0.400 e. The van der Waals surface area contributed by atoms with Crippen molar-refractivity contribution in [1.29, 1.82) is 0 Å². The minimum Gasteiger partial charge on any atom is -0.400 e. The molecule has 0 radical (unpaired) electrons. The Kier molecular flexibility index (Phi) is 4.45. The van der Waals surface area contributed by atoms with Crippen molar-refractivity contribution in [2.24, 2.45) is 0 Å². The van der Waals surface area contributed by atoms with E-state index in [1.54, 1.807) is 11.3 Å². The Morgan fingerprint density at radius 2 is 1.85 bits per heavy atom. The summed E-state index contributed by atoms with van der Waals surface area (Å²) in [4.78, 5) is 0. The molecule has 20 heavy (non-hydrogen) atoms. The molecule has 1 aromatic heterocycles. The molecule has 1 aliphatic heterocycles. The van der Waals surface area contributed by atoms with E-state index in [0.29, 0.717) is 0 Å². The normalized spacial score (nSPS) is 21.5. The van der Waals surface area contributed by atoms with E-state index in [9.17, 15) is 0 Å². The minimum atomic E-state index is -0.297. The van der Waals surface area contributed by atoms with Crippen molar-refractivity contribution in [3.05, 3.63) is 27.4 Å². The van der Waals surface area contributed by atoms with Gasteiger partial charge in [-0.25, -0.2) is 0 Å². The van der Waals surface area contributed by atoms with Gasteiger partial charge in [0.05, 0.1) is 11.2 Å². The van der Waals surface area contributed by atoms with Crippen LogP contribution < -0.4 is 5.32 Å². The van der Waals surface area contributed by atoms with E-state index in [1.807, 2.05) is 7.05 Å². The number of thiophene rings is 1. The molecule has 1 aromatic rings. The third kappa shape index (κ3) is 3.01. The molecule has 0 spiro atoms. The predicted molar refractivity (Wildman–Crippen MR) is 87.0 cm³/mol. The van der Waals surface area contributed by atoms with Crippen LogP contribution in [0.1, 0.15) is 38.8 Å².